The highest BCUT2D eigenvalue weighted by Gasteiger charge is 2.35. The smallest absolute Gasteiger partial charge is 0.229 e. The summed E-state index contributed by atoms with van der Waals surface area (Å²) in [6.07, 6.45) is 0.159. The molecule has 0 aromatic heterocycles. The van der Waals surface area contributed by atoms with Crippen molar-refractivity contribution >= 4 is 39.1 Å². The van der Waals surface area contributed by atoms with Gasteiger partial charge in [0.05, 0.1) is 11.6 Å². The van der Waals surface area contributed by atoms with Crippen LogP contribution < -0.4 is 10.2 Å². The lowest BCUT2D eigenvalue weighted by molar-refractivity contribution is -0.122. The van der Waals surface area contributed by atoms with Crippen LogP contribution >= 0.6 is 15.9 Å². The molecule has 1 atom stereocenters. The minimum Gasteiger partial charge on any atom is -0.506 e. The second-order valence-electron chi connectivity index (χ2n) is 5.39. The van der Waals surface area contributed by atoms with E-state index in [4.69, 9.17) is 0 Å². The molecule has 0 radical (unpaired) electrons. The standard InChI is InChI=1S/C17H15BrN2O3/c18-12-4-3-5-13(9-12)20-10-11(8-16(20)22)17(23)19-14-6-1-2-7-15(14)21/h1-7,9,11,21H,8,10H2,(H,19,23)/t11-/m1/s1. The maximum Gasteiger partial charge on any atom is 0.229 e. The van der Waals surface area contributed by atoms with Crippen LogP contribution in [0.5, 0.6) is 5.75 Å². The Morgan fingerprint density at radius 2 is 2.00 bits per heavy atom. The van der Waals surface area contributed by atoms with Crippen LogP contribution in [0.15, 0.2) is 53.0 Å². The molecule has 6 heteroatoms. The Hall–Kier alpha value is -2.34. The van der Waals surface area contributed by atoms with Crippen molar-refractivity contribution in [2.45, 2.75) is 6.42 Å². The molecule has 1 fully saturated rings. The number of hydrogen-bond donors (Lipinski definition) is 2. The SMILES string of the molecule is O=C(Nc1ccccc1O)[C@@H]1CC(=O)N(c2cccc(Br)c2)C1. The van der Waals surface area contributed by atoms with E-state index in [0.717, 1.165) is 10.2 Å². The van der Waals surface area contributed by atoms with Gasteiger partial charge < -0.3 is 15.3 Å². The molecule has 2 aromatic carbocycles. The summed E-state index contributed by atoms with van der Waals surface area (Å²) in [4.78, 5) is 26.2. The molecule has 0 saturated carbocycles. The summed E-state index contributed by atoms with van der Waals surface area (Å²) in [6.45, 7) is 0.328. The number of benzene rings is 2. The Morgan fingerprint density at radius 3 is 2.74 bits per heavy atom. The number of nitrogens with one attached hydrogen (secondary N) is 1. The number of rotatable bonds is 3. The fourth-order valence-electron chi connectivity index (χ4n) is 2.59. The second kappa shape index (κ2) is 6.42. The van der Waals surface area contributed by atoms with E-state index in [0.29, 0.717) is 12.2 Å². The largest absolute Gasteiger partial charge is 0.506 e. The van der Waals surface area contributed by atoms with Gasteiger partial charge in [-0.25, -0.2) is 0 Å². The molecule has 1 aliphatic heterocycles. The minimum absolute atomic E-state index is 0.00835. The molecule has 1 aliphatic rings. The molecular formula is C17H15BrN2O3. The van der Waals surface area contributed by atoms with E-state index >= 15 is 0 Å². The van der Waals surface area contributed by atoms with Gasteiger partial charge in [-0.15, -0.1) is 0 Å². The number of hydrogen-bond acceptors (Lipinski definition) is 3. The van der Waals surface area contributed by atoms with Crippen molar-refractivity contribution in [1.29, 1.82) is 0 Å². The molecular weight excluding hydrogens is 360 g/mol. The third-order valence-corrected chi connectivity index (χ3v) is 4.27. The van der Waals surface area contributed by atoms with Crippen LogP contribution in [-0.4, -0.2) is 23.5 Å². The average Bonchev–Trinajstić information content (AvgIpc) is 2.92. The summed E-state index contributed by atoms with van der Waals surface area (Å²) < 4.78 is 0.880. The first kappa shape index (κ1) is 15.6. The van der Waals surface area contributed by atoms with Gasteiger partial charge >= 0.3 is 0 Å². The lowest BCUT2D eigenvalue weighted by Crippen LogP contribution is -2.28. The Bertz CT molecular complexity index is 763. The quantitative estimate of drug-likeness (QED) is 0.810. The minimum atomic E-state index is -0.443. The molecule has 0 spiro atoms. The molecule has 1 saturated heterocycles. The molecule has 118 valence electrons. The maximum atomic E-state index is 12.3. The Balaban J connectivity index is 1.72. The van der Waals surface area contributed by atoms with Crippen molar-refractivity contribution in [3.8, 4) is 5.75 Å². The number of nitrogens with zero attached hydrogens (tertiary/aromatic N) is 1. The summed E-state index contributed by atoms with van der Waals surface area (Å²) in [6, 6.07) is 13.9. The zero-order chi connectivity index (χ0) is 16.4. The van der Waals surface area contributed by atoms with Gasteiger partial charge in [-0.3, -0.25) is 9.59 Å². The summed E-state index contributed by atoms with van der Waals surface area (Å²) in [5.74, 6) is -0.784. The van der Waals surface area contributed by atoms with Crippen LogP contribution in [-0.2, 0) is 9.59 Å². The Kier molecular flexibility index (Phi) is 4.34. The number of phenolic OH excluding ortho intramolecular Hbond substituents is 1. The fraction of sp³-hybridized carbons (Fsp3) is 0.176. The first-order valence-electron chi connectivity index (χ1n) is 7.19. The third-order valence-electron chi connectivity index (χ3n) is 3.78. The normalized spacial score (nSPS) is 17.3. The molecule has 0 bridgehead atoms. The highest BCUT2D eigenvalue weighted by atomic mass is 79.9. The second-order valence-corrected chi connectivity index (χ2v) is 6.31. The zero-order valence-electron chi connectivity index (χ0n) is 12.2. The van der Waals surface area contributed by atoms with Gasteiger partial charge in [0.25, 0.3) is 0 Å². The molecule has 5 nitrogen and oxygen atoms in total. The summed E-state index contributed by atoms with van der Waals surface area (Å²) in [7, 11) is 0. The van der Waals surface area contributed by atoms with E-state index in [9.17, 15) is 14.7 Å². The van der Waals surface area contributed by atoms with Gasteiger partial charge in [0.2, 0.25) is 11.8 Å². The molecule has 23 heavy (non-hydrogen) atoms. The van der Waals surface area contributed by atoms with Crippen molar-refractivity contribution in [3.05, 3.63) is 53.0 Å². The molecule has 2 amide bonds. The van der Waals surface area contributed by atoms with E-state index in [1.165, 1.54) is 6.07 Å². The van der Waals surface area contributed by atoms with Crippen LogP contribution in [0, 0.1) is 5.92 Å². The zero-order valence-corrected chi connectivity index (χ0v) is 13.8. The van der Waals surface area contributed by atoms with Gasteiger partial charge in [-0.1, -0.05) is 34.1 Å². The van der Waals surface area contributed by atoms with Gasteiger partial charge in [0.1, 0.15) is 5.75 Å². The predicted molar refractivity (Wildman–Crippen MR) is 91.3 cm³/mol. The van der Waals surface area contributed by atoms with Crippen LogP contribution in [0.3, 0.4) is 0 Å². The predicted octanol–water partition coefficient (Wildman–Crippen LogP) is 3.15. The lowest BCUT2D eigenvalue weighted by Gasteiger charge is -2.17. The van der Waals surface area contributed by atoms with E-state index in [-0.39, 0.29) is 24.0 Å². The monoisotopic (exact) mass is 374 g/mol. The van der Waals surface area contributed by atoms with Crippen LogP contribution in [0.2, 0.25) is 0 Å². The number of anilines is 2. The van der Waals surface area contributed by atoms with Crippen LogP contribution in [0.25, 0.3) is 0 Å². The van der Waals surface area contributed by atoms with Crippen LogP contribution in [0.4, 0.5) is 11.4 Å². The first-order valence-corrected chi connectivity index (χ1v) is 7.98. The van der Waals surface area contributed by atoms with Crippen molar-refractivity contribution in [2.75, 3.05) is 16.8 Å². The average molecular weight is 375 g/mol. The van der Waals surface area contributed by atoms with Crippen molar-refractivity contribution in [1.82, 2.24) is 0 Å². The summed E-state index contributed by atoms with van der Waals surface area (Å²) in [5.41, 5.74) is 1.12. The number of halogens is 1. The van der Waals surface area contributed by atoms with Crippen molar-refractivity contribution in [2.24, 2.45) is 5.92 Å². The van der Waals surface area contributed by atoms with Gasteiger partial charge in [0, 0.05) is 23.1 Å². The number of phenols is 1. The first-order chi connectivity index (χ1) is 11.0. The molecule has 1 heterocycles. The van der Waals surface area contributed by atoms with E-state index in [2.05, 4.69) is 21.2 Å². The molecule has 2 N–H and O–H groups in total. The highest BCUT2D eigenvalue weighted by molar-refractivity contribution is 9.10. The molecule has 2 aromatic rings. The van der Waals surface area contributed by atoms with Gasteiger partial charge in [0.15, 0.2) is 0 Å². The van der Waals surface area contributed by atoms with E-state index < -0.39 is 5.92 Å². The Morgan fingerprint density at radius 1 is 1.22 bits per heavy atom. The maximum absolute atomic E-state index is 12.3. The number of amides is 2. The summed E-state index contributed by atoms with van der Waals surface area (Å²) >= 11 is 3.38. The number of carbonyl (C=O) groups is 2. The number of aromatic hydroxyl groups is 1. The molecule has 0 aliphatic carbocycles. The number of carbonyl (C=O) groups excluding carboxylic acids is 2. The van der Waals surface area contributed by atoms with Crippen LogP contribution in [0.1, 0.15) is 6.42 Å². The summed E-state index contributed by atoms with van der Waals surface area (Å²) in [5, 5.41) is 12.4. The molecule has 3 rings (SSSR count). The third kappa shape index (κ3) is 3.37. The topological polar surface area (TPSA) is 69.6 Å². The fourth-order valence-corrected chi connectivity index (χ4v) is 2.98. The Labute approximate surface area is 142 Å². The van der Waals surface area contributed by atoms with Crippen molar-refractivity contribution < 1.29 is 14.7 Å². The van der Waals surface area contributed by atoms with E-state index in [1.807, 2.05) is 24.3 Å². The highest BCUT2D eigenvalue weighted by Crippen LogP contribution is 2.29. The van der Waals surface area contributed by atoms with Gasteiger partial charge in [-0.05, 0) is 30.3 Å². The molecule has 0 unspecified atom stereocenters. The lowest BCUT2D eigenvalue weighted by atomic mass is 10.1. The van der Waals surface area contributed by atoms with Crippen molar-refractivity contribution in [3.63, 3.8) is 0 Å². The van der Waals surface area contributed by atoms with Gasteiger partial charge in [-0.2, -0.15) is 0 Å². The number of para-hydroxylation sites is 2. The van der Waals surface area contributed by atoms with E-state index in [1.54, 1.807) is 23.1 Å².